The van der Waals surface area contributed by atoms with Gasteiger partial charge in [0.1, 0.15) is 0 Å². The first-order valence-corrected chi connectivity index (χ1v) is 8.81. The summed E-state index contributed by atoms with van der Waals surface area (Å²) >= 11 is 0. The Hall–Kier alpha value is -0.120. The summed E-state index contributed by atoms with van der Waals surface area (Å²) in [5.74, 6) is 0. The van der Waals surface area contributed by atoms with Crippen molar-refractivity contribution in [1.82, 2.24) is 5.32 Å². The Morgan fingerprint density at radius 2 is 1.40 bits per heavy atom. The van der Waals surface area contributed by atoms with E-state index in [0.717, 1.165) is 13.0 Å². The summed E-state index contributed by atoms with van der Waals surface area (Å²) in [5.41, 5.74) is 6.24. The molecule has 0 aromatic heterocycles. The second-order valence-corrected chi connectivity index (χ2v) is 6.72. The van der Waals surface area contributed by atoms with Gasteiger partial charge in [-0.05, 0) is 26.2 Å². The second kappa shape index (κ2) is 10.6. The summed E-state index contributed by atoms with van der Waals surface area (Å²) < 4.78 is 0. The Morgan fingerprint density at radius 3 is 1.80 bits per heavy atom. The Bertz CT molecular complexity index is 221. The molecule has 0 bridgehead atoms. The van der Waals surface area contributed by atoms with Gasteiger partial charge in [0, 0.05) is 24.7 Å². The van der Waals surface area contributed by atoms with E-state index in [2.05, 4.69) is 12.2 Å². The first-order chi connectivity index (χ1) is 9.72. The standard InChI is InChI=1S/C17H36N2O/c1-16(11-14-20)19-17(15-18)12-9-7-5-3-2-4-6-8-10-13-17/h16,19-20H,2-15,18H2,1H3. The molecular formula is C17H36N2O. The minimum Gasteiger partial charge on any atom is -0.396 e. The molecule has 1 aliphatic carbocycles. The molecule has 1 saturated carbocycles. The quantitative estimate of drug-likeness (QED) is 0.725. The largest absolute Gasteiger partial charge is 0.396 e. The van der Waals surface area contributed by atoms with Gasteiger partial charge in [-0.3, -0.25) is 0 Å². The van der Waals surface area contributed by atoms with E-state index in [1.54, 1.807) is 0 Å². The SMILES string of the molecule is CC(CCO)NC1(CN)CCCCCCCCCCC1. The number of aliphatic hydroxyl groups excluding tert-OH is 1. The highest BCUT2D eigenvalue weighted by atomic mass is 16.3. The zero-order valence-corrected chi connectivity index (χ0v) is 13.5. The van der Waals surface area contributed by atoms with Crippen molar-refractivity contribution in [3.05, 3.63) is 0 Å². The molecule has 0 saturated heterocycles. The average molecular weight is 284 g/mol. The first-order valence-electron chi connectivity index (χ1n) is 8.81. The summed E-state index contributed by atoms with van der Waals surface area (Å²) in [6.45, 7) is 3.15. The number of aliphatic hydroxyl groups is 1. The molecule has 0 heterocycles. The number of nitrogens with one attached hydrogen (secondary N) is 1. The topological polar surface area (TPSA) is 58.3 Å². The van der Waals surface area contributed by atoms with Crippen LogP contribution in [0.5, 0.6) is 0 Å². The highest BCUT2D eigenvalue weighted by molar-refractivity contribution is 4.91. The second-order valence-electron chi connectivity index (χ2n) is 6.72. The van der Waals surface area contributed by atoms with Gasteiger partial charge in [-0.1, -0.05) is 57.8 Å². The maximum atomic E-state index is 9.10. The van der Waals surface area contributed by atoms with Crippen LogP contribution in [0.4, 0.5) is 0 Å². The van der Waals surface area contributed by atoms with Crippen molar-refractivity contribution in [1.29, 1.82) is 0 Å². The number of hydrogen-bond donors (Lipinski definition) is 3. The molecule has 1 rings (SSSR count). The van der Waals surface area contributed by atoms with Gasteiger partial charge in [0.05, 0.1) is 0 Å². The van der Waals surface area contributed by atoms with E-state index in [4.69, 9.17) is 10.8 Å². The highest BCUT2D eigenvalue weighted by Crippen LogP contribution is 2.25. The van der Waals surface area contributed by atoms with Crippen LogP contribution >= 0.6 is 0 Å². The van der Waals surface area contributed by atoms with E-state index in [0.29, 0.717) is 6.04 Å². The molecule has 0 aromatic carbocycles. The molecule has 3 heteroatoms. The van der Waals surface area contributed by atoms with Crippen molar-refractivity contribution in [2.75, 3.05) is 13.2 Å². The Morgan fingerprint density at radius 1 is 0.950 bits per heavy atom. The fourth-order valence-corrected chi connectivity index (χ4v) is 3.49. The molecule has 0 radical (unpaired) electrons. The predicted molar refractivity (Wildman–Crippen MR) is 86.9 cm³/mol. The number of rotatable bonds is 5. The van der Waals surface area contributed by atoms with Gasteiger partial charge in [0.25, 0.3) is 0 Å². The van der Waals surface area contributed by atoms with Crippen LogP contribution in [0.2, 0.25) is 0 Å². The van der Waals surface area contributed by atoms with Crippen molar-refractivity contribution >= 4 is 0 Å². The monoisotopic (exact) mass is 284 g/mol. The molecule has 4 N–H and O–H groups in total. The molecule has 20 heavy (non-hydrogen) atoms. The molecule has 120 valence electrons. The average Bonchev–Trinajstić information content (AvgIpc) is 2.42. The van der Waals surface area contributed by atoms with Crippen LogP contribution in [0.3, 0.4) is 0 Å². The minimum atomic E-state index is 0.105. The maximum Gasteiger partial charge on any atom is 0.0445 e. The third-order valence-corrected chi connectivity index (χ3v) is 4.82. The Labute approximate surface area is 125 Å². The molecule has 1 aliphatic rings. The van der Waals surface area contributed by atoms with Gasteiger partial charge >= 0.3 is 0 Å². The van der Waals surface area contributed by atoms with Gasteiger partial charge in [-0.15, -0.1) is 0 Å². The fraction of sp³-hybridized carbons (Fsp3) is 1.00. The van der Waals surface area contributed by atoms with Crippen molar-refractivity contribution in [2.45, 2.75) is 95.6 Å². The third kappa shape index (κ3) is 7.05. The van der Waals surface area contributed by atoms with Gasteiger partial charge < -0.3 is 16.2 Å². The van der Waals surface area contributed by atoms with Crippen LogP contribution in [0.15, 0.2) is 0 Å². The van der Waals surface area contributed by atoms with Gasteiger partial charge in [0.15, 0.2) is 0 Å². The molecule has 0 aliphatic heterocycles. The van der Waals surface area contributed by atoms with Crippen LogP contribution < -0.4 is 11.1 Å². The van der Waals surface area contributed by atoms with E-state index < -0.39 is 0 Å². The van der Waals surface area contributed by atoms with E-state index in [1.807, 2.05) is 0 Å². The molecular weight excluding hydrogens is 248 g/mol. The van der Waals surface area contributed by atoms with Crippen molar-refractivity contribution < 1.29 is 5.11 Å². The smallest absolute Gasteiger partial charge is 0.0445 e. The Kier molecular flexibility index (Phi) is 9.49. The third-order valence-electron chi connectivity index (χ3n) is 4.82. The van der Waals surface area contributed by atoms with Crippen LogP contribution in [-0.2, 0) is 0 Å². The molecule has 0 amide bonds. The lowest BCUT2D eigenvalue weighted by Crippen LogP contribution is -2.54. The lowest BCUT2D eigenvalue weighted by Gasteiger charge is -2.37. The summed E-state index contributed by atoms with van der Waals surface area (Å²) in [6, 6.07) is 0.358. The molecule has 0 aromatic rings. The van der Waals surface area contributed by atoms with E-state index in [9.17, 15) is 0 Å². The summed E-state index contributed by atoms with van der Waals surface area (Å²) in [7, 11) is 0. The number of nitrogens with two attached hydrogens (primary N) is 1. The highest BCUT2D eigenvalue weighted by Gasteiger charge is 2.28. The van der Waals surface area contributed by atoms with Crippen molar-refractivity contribution in [3.8, 4) is 0 Å². The van der Waals surface area contributed by atoms with Crippen molar-refractivity contribution in [3.63, 3.8) is 0 Å². The minimum absolute atomic E-state index is 0.105. The lowest BCUT2D eigenvalue weighted by molar-refractivity contribution is 0.211. The molecule has 3 nitrogen and oxygen atoms in total. The van der Waals surface area contributed by atoms with Gasteiger partial charge in [-0.25, -0.2) is 0 Å². The summed E-state index contributed by atoms with van der Waals surface area (Å²) in [5, 5.41) is 12.9. The van der Waals surface area contributed by atoms with Gasteiger partial charge in [0.2, 0.25) is 0 Å². The fourth-order valence-electron chi connectivity index (χ4n) is 3.49. The molecule has 1 atom stereocenters. The van der Waals surface area contributed by atoms with Crippen LogP contribution in [0.25, 0.3) is 0 Å². The van der Waals surface area contributed by atoms with Crippen LogP contribution in [0.1, 0.15) is 84.0 Å². The maximum absolute atomic E-state index is 9.10. The van der Waals surface area contributed by atoms with Crippen molar-refractivity contribution in [2.24, 2.45) is 5.73 Å². The zero-order valence-electron chi connectivity index (χ0n) is 13.5. The summed E-state index contributed by atoms with van der Waals surface area (Å²) in [6.07, 6.45) is 15.5. The molecule has 1 fully saturated rings. The van der Waals surface area contributed by atoms with Gasteiger partial charge in [-0.2, -0.15) is 0 Å². The lowest BCUT2D eigenvalue weighted by atomic mass is 9.84. The van der Waals surface area contributed by atoms with E-state index >= 15 is 0 Å². The number of hydrogen-bond acceptors (Lipinski definition) is 3. The molecule has 0 spiro atoms. The van der Waals surface area contributed by atoms with E-state index in [1.165, 1.54) is 70.6 Å². The molecule has 1 unspecified atom stereocenters. The summed E-state index contributed by atoms with van der Waals surface area (Å²) in [4.78, 5) is 0. The predicted octanol–water partition coefficient (Wildman–Crippen LogP) is 3.35. The normalized spacial score (nSPS) is 23.6. The first kappa shape index (κ1) is 17.9. The van der Waals surface area contributed by atoms with E-state index in [-0.39, 0.29) is 12.1 Å². The van der Waals surface area contributed by atoms with Crippen LogP contribution in [0, 0.1) is 0 Å². The van der Waals surface area contributed by atoms with Crippen LogP contribution in [-0.4, -0.2) is 29.8 Å². The zero-order chi connectivity index (χ0) is 14.7. The Balaban J connectivity index is 2.55.